The topological polar surface area (TPSA) is 26.9 Å². The molecule has 2 aromatic rings. The fraction of sp³-hybridized carbons (Fsp3) is 0.500. The van der Waals surface area contributed by atoms with Crippen molar-refractivity contribution in [2.45, 2.75) is 39.7 Å². The van der Waals surface area contributed by atoms with Gasteiger partial charge in [-0.25, -0.2) is 4.79 Å². The van der Waals surface area contributed by atoms with Crippen molar-refractivity contribution in [1.29, 1.82) is 0 Å². The van der Waals surface area contributed by atoms with Crippen LogP contribution in [0.15, 0.2) is 23.0 Å². The first-order valence-corrected chi connectivity index (χ1v) is 6.14. The van der Waals surface area contributed by atoms with Gasteiger partial charge in [0.1, 0.15) is 0 Å². The Morgan fingerprint density at radius 1 is 1.06 bits per heavy atom. The predicted molar refractivity (Wildman–Crippen MR) is 71.7 cm³/mol. The Morgan fingerprint density at radius 2 is 1.71 bits per heavy atom. The third-order valence-corrected chi connectivity index (χ3v) is 3.30. The Hall–Kier alpha value is -1.51. The van der Waals surface area contributed by atoms with Crippen molar-refractivity contribution in [3.05, 3.63) is 34.2 Å². The number of aromatic nitrogens is 2. The molecule has 3 heteroatoms. The van der Waals surface area contributed by atoms with Crippen LogP contribution in [0.5, 0.6) is 0 Å². The Labute approximate surface area is 102 Å². The van der Waals surface area contributed by atoms with E-state index in [4.69, 9.17) is 0 Å². The molecule has 1 heterocycles. The van der Waals surface area contributed by atoms with E-state index in [1.807, 2.05) is 31.5 Å². The van der Waals surface area contributed by atoms with Gasteiger partial charge in [0.15, 0.2) is 0 Å². The van der Waals surface area contributed by atoms with E-state index in [0.717, 1.165) is 11.0 Å². The SMILES string of the molecule is CC(C)c1ccc2c(c1)n(C(C)C)c(=O)n2C. The molecule has 0 spiro atoms. The Morgan fingerprint density at radius 3 is 2.24 bits per heavy atom. The fourth-order valence-electron chi connectivity index (χ4n) is 2.24. The smallest absolute Gasteiger partial charge is 0.295 e. The van der Waals surface area contributed by atoms with Gasteiger partial charge in [0.2, 0.25) is 0 Å². The Balaban J connectivity index is 2.84. The van der Waals surface area contributed by atoms with E-state index < -0.39 is 0 Å². The number of hydrogen-bond acceptors (Lipinski definition) is 1. The number of fused-ring (bicyclic) bond motifs is 1. The van der Waals surface area contributed by atoms with E-state index in [1.165, 1.54) is 5.56 Å². The highest BCUT2D eigenvalue weighted by molar-refractivity contribution is 5.77. The van der Waals surface area contributed by atoms with Crippen LogP contribution in [0.1, 0.15) is 45.2 Å². The summed E-state index contributed by atoms with van der Waals surface area (Å²) < 4.78 is 3.58. The zero-order chi connectivity index (χ0) is 12.7. The summed E-state index contributed by atoms with van der Waals surface area (Å²) in [7, 11) is 1.83. The second-order valence-electron chi connectivity index (χ2n) is 5.21. The van der Waals surface area contributed by atoms with Crippen molar-refractivity contribution >= 4 is 11.0 Å². The van der Waals surface area contributed by atoms with E-state index in [-0.39, 0.29) is 11.7 Å². The Kier molecular flexibility index (Phi) is 2.86. The zero-order valence-electron chi connectivity index (χ0n) is 11.2. The van der Waals surface area contributed by atoms with Crippen LogP contribution in [0.3, 0.4) is 0 Å². The summed E-state index contributed by atoms with van der Waals surface area (Å²) in [5.41, 5.74) is 3.39. The molecule has 1 aromatic heterocycles. The summed E-state index contributed by atoms with van der Waals surface area (Å²) in [6.45, 7) is 8.43. The van der Waals surface area contributed by atoms with Crippen LogP contribution in [0.25, 0.3) is 11.0 Å². The van der Waals surface area contributed by atoms with Crippen LogP contribution in [-0.2, 0) is 7.05 Å². The molecule has 2 rings (SSSR count). The molecule has 0 aliphatic heterocycles. The maximum atomic E-state index is 12.1. The van der Waals surface area contributed by atoms with Gasteiger partial charge >= 0.3 is 5.69 Å². The van der Waals surface area contributed by atoms with E-state index in [1.54, 1.807) is 4.57 Å². The molecule has 0 radical (unpaired) electrons. The number of benzene rings is 1. The van der Waals surface area contributed by atoms with Crippen molar-refractivity contribution < 1.29 is 0 Å². The molecular weight excluding hydrogens is 212 g/mol. The molecular formula is C14H20N2O. The first-order chi connectivity index (χ1) is 7.93. The number of imidazole rings is 1. The third-order valence-electron chi connectivity index (χ3n) is 3.30. The minimum absolute atomic E-state index is 0.0657. The predicted octanol–water partition coefficient (Wildman–Crippen LogP) is 3.04. The van der Waals surface area contributed by atoms with Gasteiger partial charge in [-0.15, -0.1) is 0 Å². The largest absolute Gasteiger partial charge is 0.329 e. The maximum Gasteiger partial charge on any atom is 0.329 e. The normalized spacial score (nSPS) is 11.9. The lowest BCUT2D eigenvalue weighted by Crippen LogP contribution is -2.23. The van der Waals surface area contributed by atoms with Crippen LogP contribution in [0, 0.1) is 0 Å². The molecule has 0 atom stereocenters. The molecule has 0 saturated carbocycles. The summed E-state index contributed by atoms with van der Waals surface area (Å²) in [4.78, 5) is 12.1. The van der Waals surface area contributed by atoms with Crippen molar-refractivity contribution in [3.63, 3.8) is 0 Å². The van der Waals surface area contributed by atoms with Crippen LogP contribution < -0.4 is 5.69 Å². The molecule has 0 bridgehead atoms. The number of hydrogen-bond donors (Lipinski definition) is 0. The van der Waals surface area contributed by atoms with Gasteiger partial charge in [-0.3, -0.25) is 9.13 Å². The molecule has 92 valence electrons. The first kappa shape index (κ1) is 12.0. The minimum atomic E-state index is 0.0657. The lowest BCUT2D eigenvalue weighted by atomic mass is 10.0. The second kappa shape index (κ2) is 4.06. The summed E-state index contributed by atoms with van der Waals surface area (Å²) >= 11 is 0. The molecule has 3 nitrogen and oxygen atoms in total. The molecule has 0 N–H and O–H groups in total. The third kappa shape index (κ3) is 1.79. The zero-order valence-corrected chi connectivity index (χ0v) is 11.2. The van der Waals surface area contributed by atoms with Crippen molar-refractivity contribution in [2.24, 2.45) is 7.05 Å². The highest BCUT2D eigenvalue weighted by Crippen LogP contribution is 2.22. The summed E-state index contributed by atoms with van der Waals surface area (Å²) in [5, 5.41) is 0. The highest BCUT2D eigenvalue weighted by atomic mass is 16.1. The molecule has 0 aliphatic rings. The van der Waals surface area contributed by atoms with Crippen LogP contribution in [0.4, 0.5) is 0 Å². The van der Waals surface area contributed by atoms with Gasteiger partial charge in [0.25, 0.3) is 0 Å². The van der Waals surface area contributed by atoms with Crippen LogP contribution in [0.2, 0.25) is 0 Å². The second-order valence-corrected chi connectivity index (χ2v) is 5.21. The van der Waals surface area contributed by atoms with Crippen LogP contribution in [-0.4, -0.2) is 9.13 Å². The molecule has 0 unspecified atom stereocenters. The molecule has 0 amide bonds. The quantitative estimate of drug-likeness (QED) is 0.781. The number of nitrogens with zero attached hydrogens (tertiary/aromatic N) is 2. The van der Waals surface area contributed by atoms with E-state index >= 15 is 0 Å². The van der Waals surface area contributed by atoms with Gasteiger partial charge in [-0.05, 0) is 37.5 Å². The maximum absolute atomic E-state index is 12.1. The van der Waals surface area contributed by atoms with Gasteiger partial charge < -0.3 is 0 Å². The van der Waals surface area contributed by atoms with E-state index in [2.05, 4.69) is 26.0 Å². The molecule has 0 fully saturated rings. The minimum Gasteiger partial charge on any atom is -0.295 e. The van der Waals surface area contributed by atoms with Crippen molar-refractivity contribution in [3.8, 4) is 0 Å². The molecule has 0 saturated heterocycles. The standard InChI is InChI=1S/C14H20N2O/c1-9(2)11-6-7-12-13(8-11)16(10(3)4)14(17)15(12)5/h6-10H,1-5H3. The lowest BCUT2D eigenvalue weighted by molar-refractivity contribution is 0.582. The van der Waals surface area contributed by atoms with E-state index in [0.29, 0.717) is 5.92 Å². The van der Waals surface area contributed by atoms with Crippen molar-refractivity contribution in [2.75, 3.05) is 0 Å². The summed E-state index contributed by atoms with van der Waals surface area (Å²) in [5.74, 6) is 0.482. The van der Waals surface area contributed by atoms with Crippen molar-refractivity contribution in [1.82, 2.24) is 9.13 Å². The van der Waals surface area contributed by atoms with E-state index in [9.17, 15) is 4.79 Å². The number of aryl methyl sites for hydroxylation is 1. The molecule has 1 aromatic carbocycles. The lowest BCUT2D eigenvalue weighted by Gasteiger charge is -2.09. The monoisotopic (exact) mass is 232 g/mol. The molecule has 0 aliphatic carbocycles. The van der Waals surface area contributed by atoms with Gasteiger partial charge in [0.05, 0.1) is 11.0 Å². The fourth-order valence-corrected chi connectivity index (χ4v) is 2.24. The molecule has 17 heavy (non-hydrogen) atoms. The van der Waals surface area contributed by atoms with Gasteiger partial charge in [-0.2, -0.15) is 0 Å². The summed E-state index contributed by atoms with van der Waals surface area (Å²) in [6, 6.07) is 6.48. The Bertz CT molecular complexity index is 602. The van der Waals surface area contributed by atoms with Gasteiger partial charge in [-0.1, -0.05) is 19.9 Å². The van der Waals surface area contributed by atoms with Crippen LogP contribution >= 0.6 is 0 Å². The number of rotatable bonds is 2. The average Bonchev–Trinajstić information content (AvgIpc) is 2.51. The highest BCUT2D eigenvalue weighted by Gasteiger charge is 2.13. The summed E-state index contributed by atoms with van der Waals surface area (Å²) in [6.07, 6.45) is 0. The van der Waals surface area contributed by atoms with Gasteiger partial charge in [0, 0.05) is 13.1 Å². The average molecular weight is 232 g/mol. The first-order valence-electron chi connectivity index (χ1n) is 6.14.